The number of ether oxygens (including phenoxy) is 2. The van der Waals surface area contributed by atoms with Crippen LogP contribution in [0.25, 0.3) is 11.3 Å². The third-order valence-electron chi connectivity index (χ3n) is 3.72. The summed E-state index contributed by atoms with van der Waals surface area (Å²) in [4.78, 5) is 8.80. The zero-order valence-corrected chi connectivity index (χ0v) is 10.7. The van der Waals surface area contributed by atoms with Gasteiger partial charge in [-0.3, -0.25) is 0 Å². The number of aromatic nitrogens is 2. The molecule has 5 nitrogen and oxygen atoms in total. The first-order valence-electron chi connectivity index (χ1n) is 6.46. The van der Waals surface area contributed by atoms with Crippen molar-refractivity contribution >= 4 is 0 Å². The Morgan fingerprint density at radius 3 is 2.80 bits per heavy atom. The Morgan fingerprint density at radius 2 is 2.00 bits per heavy atom. The third-order valence-corrected chi connectivity index (χ3v) is 3.72. The molecule has 1 aromatic carbocycles. The van der Waals surface area contributed by atoms with Gasteiger partial charge in [-0.05, 0) is 37.1 Å². The zero-order valence-electron chi connectivity index (χ0n) is 10.7. The summed E-state index contributed by atoms with van der Waals surface area (Å²) in [7, 11) is 0. The fraction of sp³-hybridized carbons (Fsp3) is 0.267. The van der Waals surface area contributed by atoms with E-state index in [2.05, 4.69) is 16.0 Å². The van der Waals surface area contributed by atoms with E-state index in [0.29, 0.717) is 5.82 Å². The molecule has 0 bridgehead atoms. The number of hydrogen-bond donors (Lipinski definition) is 0. The highest BCUT2D eigenvalue weighted by Gasteiger charge is 2.47. The summed E-state index contributed by atoms with van der Waals surface area (Å²) in [5, 5.41) is 9.23. The molecular formula is C15H11N3O2. The Morgan fingerprint density at radius 1 is 1.15 bits per heavy atom. The minimum absolute atomic E-state index is 0.255. The van der Waals surface area contributed by atoms with Crippen molar-refractivity contribution in [2.45, 2.75) is 18.3 Å². The van der Waals surface area contributed by atoms with E-state index in [1.54, 1.807) is 6.20 Å². The monoisotopic (exact) mass is 265 g/mol. The third kappa shape index (κ3) is 1.62. The summed E-state index contributed by atoms with van der Waals surface area (Å²) >= 11 is 0. The predicted molar refractivity (Wildman–Crippen MR) is 70.1 cm³/mol. The Labute approximate surface area is 115 Å². The largest absolute Gasteiger partial charge is 0.454 e. The van der Waals surface area contributed by atoms with Crippen molar-refractivity contribution in [2.75, 3.05) is 6.79 Å². The smallest absolute Gasteiger partial charge is 0.231 e. The number of benzene rings is 1. The van der Waals surface area contributed by atoms with Crippen LogP contribution in [-0.4, -0.2) is 16.8 Å². The van der Waals surface area contributed by atoms with Crippen LogP contribution in [0.15, 0.2) is 30.5 Å². The SMILES string of the molecule is N#CC1(c2nccc(-c3ccc4c(c3)OCO4)n2)CC1. The molecule has 2 heterocycles. The number of nitriles is 1. The summed E-state index contributed by atoms with van der Waals surface area (Å²) in [6, 6.07) is 9.87. The van der Waals surface area contributed by atoms with Crippen molar-refractivity contribution in [2.24, 2.45) is 0 Å². The Kier molecular flexibility index (Phi) is 2.21. The predicted octanol–water partition coefficient (Wildman–Crippen LogP) is 2.43. The molecule has 1 saturated carbocycles. The van der Waals surface area contributed by atoms with Crippen LogP contribution in [0.3, 0.4) is 0 Å². The average Bonchev–Trinajstić information content (AvgIpc) is 3.17. The molecule has 2 aromatic rings. The molecule has 0 amide bonds. The fourth-order valence-corrected chi connectivity index (χ4v) is 2.32. The van der Waals surface area contributed by atoms with Crippen molar-refractivity contribution in [3.8, 4) is 28.8 Å². The van der Waals surface area contributed by atoms with E-state index in [4.69, 9.17) is 9.47 Å². The normalized spacial score (nSPS) is 17.6. The summed E-state index contributed by atoms with van der Waals surface area (Å²) in [6.07, 6.45) is 3.39. The van der Waals surface area contributed by atoms with Gasteiger partial charge in [0.05, 0.1) is 11.8 Å². The number of hydrogen-bond acceptors (Lipinski definition) is 5. The highest BCUT2D eigenvalue weighted by Crippen LogP contribution is 2.46. The first kappa shape index (κ1) is 11.2. The molecule has 98 valence electrons. The van der Waals surface area contributed by atoms with Crippen LogP contribution in [0, 0.1) is 11.3 Å². The maximum absolute atomic E-state index is 9.23. The van der Waals surface area contributed by atoms with Crippen LogP contribution in [-0.2, 0) is 5.41 Å². The van der Waals surface area contributed by atoms with Crippen LogP contribution in [0.4, 0.5) is 0 Å². The Hall–Kier alpha value is -2.61. The van der Waals surface area contributed by atoms with E-state index in [0.717, 1.165) is 35.6 Å². The molecule has 5 heteroatoms. The van der Waals surface area contributed by atoms with Crippen molar-refractivity contribution in [1.29, 1.82) is 5.26 Å². The first-order valence-corrected chi connectivity index (χ1v) is 6.46. The molecule has 1 aromatic heterocycles. The molecule has 20 heavy (non-hydrogen) atoms. The standard InChI is InChI=1S/C15H11N3O2/c16-8-15(4-5-15)14-17-6-3-11(18-14)10-1-2-12-13(7-10)20-9-19-12/h1-3,6-7H,4-5,9H2. The first-order chi connectivity index (χ1) is 9.81. The second-order valence-corrected chi connectivity index (χ2v) is 5.03. The molecule has 0 saturated heterocycles. The van der Waals surface area contributed by atoms with E-state index < -0.39 is 5.41 Å². The van der Waals surface area contributed by atoms with Crippen LogP contribution in [0.5, 0.6) is 11.5 Å². The lowest BCUT2D eigenvalue weighted by molar-refractivity contribution is 0.174. The van der Waals surface area contributed by atoms with Gasteiger partial charge in [-0.1, -0.05) is 0 Å². The van der Waals surface area contributed by atoms with Crippen molar-refractivity contribution in [3.63, 3.8) is 0 Å². The minimum atomic E-state index is -0.466. The van der Waals surface area contributed by atoms with Gasteiger partial charge in [0.25, 0.3) is 0 Å². The maximum Gasteiger partial charge on any atom is 0.231 e. The number of nitrogens with zero attached hydrogens (tertiary/aromatic N) is 3. The summed E-state index contributed by atoms with van der Waals surface area (Å²) in [5.41, 5.74) is 1.27. The maximum atomic E-state index is 9.23. The average molecular weight is 265 g/mol. The summed E-state index contributed by atoms with van der Waals surface area (Å²) in [5.74, 6) is 2.10. The molecule has 0 atom stereocenters. The van der Waals surface area contributed by atoms with Gasteiger partial charge in [-0.2, -0.15) is 5.26 Å². The highest BCUT2D eigenvalue weighted by molar-refractivity contribution is 5.64. The second kappa shape index (κ2) is 3.94. The van der Waals surface area contributed by atoms with Gasteiger partial charge in [-0.15, -0.1) is 0 Å². The van der Waals surface area contributed by atoms with E-state index >= 15 is 0 Å². The van der Waals surface area contributed by atoms with Crippen LogP contribution < -0.4 is 9.47 Å². The fourth-order valence-electron chi connectivity index (χ4n) is 2.32. The van der Waals surface area contributed by atoms with Gasteiger partial charge < -0.3 is 9.47 Å². The van der Waals surface area contributed by atoms with Gasteiger partial charge in [-0.25, -0.2) is 9.97 Å². The van der Waals surface area contributed by atoms with Crippen molar-refractivity contribution in [3.05, 3.63) is 36.3 Å². The summed E-state index contributed by atoms with van der Waals surface area (Å²) in [6.45, 7) is 0.255. The molecule has 0 radical (unpaired) electrons. The molecular weight excluding hydrogens is 254 g/mol. The topological polar surface area (TPSA) is 68.0 Å². The van der Waals surface area contributed by atoms with Gasteiger partial charge in [0, 0.05) is 11.8 Å². The van der Waals surface area contributed by atoms with Gasteiger partial charge >= 0.3 is 0 Å². The molecule has 1 aliphatic heterocycles. The van der Waals surface area contributed by atoms with Gasteiger partial charge in [0.1, 0.15) is 11.2 Å². The lowest BCUT2D eigenvalue weighted by atomic mass is 10.1. The van der Waals surface area contributed by atoms with Crippen LogP contribution in [0.2, 0.25) is 0 Å². The molecule has 1 fully saturated rings. The number of fused-ring (bicyclic) bond motifs is 1. The van der Waals surface area contributed by atoms with Crippen LogP contribution in [0.1, 0.15) is 18.7 Å². The molecule has 2 aliphatic rings. The van der Waals surface area contributed by atoms with E-state index in [-0.39, 0.29) is 6.79 Å². The molecule has 4 rings (SSSR count). The van der Waals surface area contributed by atoms with Crippen molar-refractivity contribution < 1.29 is 9.47 Å². The van der Waals surface area contributed by atoms with Crippen molar-refractivity contribution in [1.82, 2.24) is 9.97 Å². The van der Waals surface area contributed by atoms with Gasteiger partial charge in [0.2, 0.25) is 6.79 Å². The second-order valence-electron chi connectivity index (χ2n) is 5.03. The quantitative estimate of drug-likeness (QED) is 0.834. The van der Waals surface area contributed by atoms with E-state index in [1.807, 2.05) is 24.3 Å². The highest BCUT2D eigenvalue weighted by atomic mass is 16.7. The Balaban J connectivity index is 1.76. The molecule has 0 N–H and O–H groups in total. The van der Waals surface area contributed by atoms with E-state index in [1.165, 1.54) is 0 Å². The molecule has 0 unspecified atom stereocenters. The minimum Gasteiger partial charge on any atom is -0.454 e. The molecule has 0 spiro atoms. The molecule has 1 aliphatic carbocycles. The Bertz CT molecular complexity index is 732. The van der Waals surface area contributed by atoms with E-state index in [9.17, 15) is 5.26 Å². The zero-order chi connectivity index (χ0) is 13.6. The van der Waals surface area contributed by atoms with Crippen LogP contribution >= 0.6 is 0 Å². The lowest BCUT2D eigenvalue weighted by Crippen LogP contribution is -2.09. The lowest BCUT2D eigenvalue weighted by Gasteiger charge is -2.07. The number of rotatable bonds is 2. The summed E-state index contributed by atoms with van der Waals surface area (Å²) < 4.78 is 10.7. The van der Waals surface area contributed by atoms with Gasteiger partial charge in [0.15, 0.2) is 11.5 Å².